The molecular weight excluding hydrogens is 226 g/mol. The van der Waals surface area contributed by atoms with E-state index in [0.29, 0.717) is 5.92 Å². The van der Waals surface area contributed by atoms with Crippen LogP contribution in [0.2, 0.25) is 0 Å². The predicted octanol–water partition coefficient (Wildman–Crippen LogP) is 2.56. The average Bonchev–Trinajstić information content (AvgIpc) is 2.57. The highest BCUT2D eigenvalue weighted by Gasteiger charge is 2.40. The summed E-state index contributed by atoms with van der Waals surface area (Å²) >= 11 is 0. The Morgan fingerprint density at radius 2 is 2.11 bits per heavy atom. The summed E-state index contributed by atoms with van der Waals surface area (Å²) in [5.41, 5.74) is 1.68. The van der Waals surface area contributed by atoms with Crippen LogP contribution in [0.15, 0.2) is 6.20 Å². The van der Waals surface area contributed by atoms with Gasteiger partial charge in [-0.1, -0.05) is 13.8 Å². The summed E-state index contributed by atoms with van der Waals surface area (Å²) < 4.78 is 2.03. The molecule has 1 heterocycles. The van der Waals surface area contributed by atoms with Gasteiger partial charge in [-0.25, -0.2) is 0 Å². The first-order chi connectivity index (χ1) is 8.42. The molecule has 1 aliphatic rings. The van der Waals surface area contributed by atoms with Crippen molar-refractivity contribution in [2.75, 3.05) is 5.32 Å². The Labute approximate surface area is 109 Å². The van der Waals surface area contributed by atoms with Gasteiger partial charge in [-0.05, 0) is 39.0 Å². The highest BCUT2D eigenvalue weighted by Crippen LogP contribution is 2.36. The second kappa shape index (κ2) is 4.92. The van der Waals surface area contributed by atoms with Gasteiger partial charge in [0.05, 0.1) is 29.2 Å². The topological polar surface area (TPSA) is 50.1 Å². The molecule has 1 aromatic rings. The molecule has 1 atom stereocenters. The van der Waals surface area contributed by atoms with E-state index in [1.165, 1.54) is 0 Å². The van der Waals surface area contributed by atoms with Crippen LogP contribution in [0.4, 0.5) is 5.69 Å². The molecule has 2 rings (SSSR count). The third-order valence-corrected chi connectivity index (χ3v) is 4.04. The number of nitrogens with zero attached hydrogens (tertiary/aromatic N) is 2. The SMILES string of the molecule is Cc1c(NC(C)C2(O)CCC2)cnn1CC(C)C. The number of aromatic nitrogens is 2. The third-order valence-electron chi connectivity index (χ3n) is 4.04. The van der Waals surface area contributed by atoms with E-state index in [0.717, 1.165) is 37.2 Å². The summed E-state index contributed by atoms with van der Waals surface area (Å²) in [7, 11) is 0. The maximum atomic E-state index is 10.3. The quantitative estimate of drug-likeness (QED) is 0.845. The van der Waals surface area contributed by atoms with Gasteiger partial charge in [0.2, 0.25) is 0 Å². The van der Waals surface area contributed by atoms with Gasteiger partial charge >= 0.3 is 0 Å². The summed E-state index contributed by atoms with van der Waals surface area (Å²) in [4.78, 5) is 0. The Kier molecular flexibility index (Phi) is 3.66. The predicted molar refractivity (Wildman–Crippen MR) is 73.7 cm³/mol. The molecule has 4 nitrogen and oxygen atoms in total. The van der Waals surface area contributed by atoms with E-state index < -0.39 is 5.60 Å². The Morgan fingerprint density at radius 1 is 1.44 bits per heavy atom. The lowest BCUT2D eigenvalue weighted by Gasteiger charge is -2.42. The monoisotopic (exact) mass is 251 g/mol. The van der Waals surface area contributed by atoms with E-state index in [1.54, 1.807) is 0 Å². The van der Waals surface area contributed by atoms with Gasteiger partial charge in [0.25, 0.3) is 0 Å². The number of hydrogen-bond donors (Lipinski definition) is 2. The van der Waals surface area contributed by atoms with Gasteiger partial charge in [-0.2, -0.15) is 5.10 Å². The Morgan fingerprint density at radius 3 is 2.61 bits per heavy atom. The highest BCUT2D eigenvalue weighted by atomic mass is 16.3. The number of aliphatic hydroxyl groups is 1. The van der Waals surface area contributed by atoms with Crippen LogP contribution in [0, 0.1) is 12.8 Å². The molecule has 0 spiro atoms. The highest BCUT2D eigenvalue weighted by molar-refractivity contribution is 5.47. The summed E-state index contributed by atoms with van der Waals surface area (Å²) in [5.74, 6) is 0.588. The molecule has 0 radical (unpaired) electrons. The molecule has 0 saturated heterocycles. The maximum Gasteiger partial charge on any atom is 0.0845 e. The van der Waals surface area contributed by atoms with E-state index in [-0.39, 0.29) is 6.04 Å². The van der Waals surface area contributed by atoms with Crippen molar-refractivity contribution in [1.82, 2.24) is 9.78 Å². The number of nitrogens with one attached hydrogen (secondary N) is 1. The van der Waals surface area contributed by atoms with E-state index in [1.807, 2.05) is 10.9 Å². The summed E-state index contributed by atoms with van der Waals surface area (Å²) in [6, 6.07) is 0.0849. The van der Waals surface area contributed by atoms with Crippen molar-refractivity contribution >= 4 is 5.69 Å². The number of rotatable bonds is 5. The standard InChI is InChI=1S/C14H25N3O/c1-10(2)9-17-11(3)13(8-15-17)16-12(4)14(18)6-5-7-14/h8,10,12,16,18H,5-7,9H2,1-4H3. The van der Waals surface area contributed by atoms with E-state index in [9.17, 15) is 5.11 Å². The zero-order chi connectivity index (χ0) is 13.3. The Balaban J connectivity index is 2.03. The number of anilines is 1. The molecule has 2 N–H and O–H groups in total. The molecule has 1 unspecified atom stereocenters. The third kappa shape index (κ3) is 2.53. The maximum absolute atomic E-state index is 10.3. The minimum Gasteiger partial charge on any atom is -0.388 e. The molecule has 0 amide bonds. The van der Waals surface area contributed by atoms with Crippen LogP contribution in [-0.4, -0.2) is 26.5 Å². The van der Waals surface area contributed by atoms with Crippen LogP contribution in [0.1, 0.15) is 45.7 Å². The van der Waals surface area contributed by atoms with Crippen molar-refractivity contribution in [3.05, 3.63) is 11.9 Å². The molecule has 1 aromatic heterocycles. The van der Waals surface area contributed by atoms with Crippen LogP contribution in [0.5, 0.6) is 0 Å². The molecule has 4 heteroatoms. The minimum atomic E-state index is -0.521. The minimum absolute atomic E-state index is 0.0849. The van der Waals surface area contributed by atoms with E-state index >= 15 is 0 Å². The van der Waals surface area contributed by atoms with Gasteiger partial charge in [0, 0.05) is 6.54 Å². The first-order valence-electron chi connectivity index (χ1n) is 6.94. The van der Waals surface area contributed by atoms with Crippen LogP contribution in [0.3, 0.4) is 0 Å². The molecule has 1 fully saturated rings. The fraction of sp³-hybridized carbons (Fsp3) is 0.786. The zero-order valence-corrected chi connectivity index (χ0v) is 11.9. The lowest BCUT2D eigenvalue weighted by molar-refractivity contribution is -0.0448. The van der Waals surface area contributed by atoms with Crippen LogP contribution in [0.25, 0.3) is 0 Å². The van der Waals surface area contributed by atoms with Crippen molar-refractivity contribution < 1.29 is 5.11 Å². The van der Waals surface area contributed by atoms with Crippen molar-refractivity contribution in [1.29, 1.82) is 0 Å². The second-order valence-corrected chi connectivity index (χ2v) is 6.04. The normalized spacial score (nSPS) is 19.7. The second-order valence-electron chi connectivity index (χ2n) is 6.04. The summed E-state index contributed by atoms with van der Waals surface area (Å²) in [5, 5.41) is 18.1. The lowest BCUT2D eigenvalue weighted by Crippen LogP contribution is -2.50. The number of hydrogen-bond acceptors (Lipinski definition) is 3. The molecular formula is C14H25N3O. The molecule has 18 heavy (non-hydrogen) atoms. The molecule has 0 aromatic carbocycles. The van der Waals surface area contributed by atoms with Crippen molar-refractivity contribution in [2.45, 2.75) is 65.1 Å². The van der Waals surface area contributed by atoms with Crippen LogP contribution < -0.4 is 5.32 Å². The summed E-state index contributed by atoms with van der Waals surface area (Å²) in [6.07, 6.45) is 4.81. The van der Waals surface area contributed by atoms with Crippen molar-refractivity contribution in [2.24, 2.45) is 5.92 Å². The fourth-order valence-corrected chi connectivity index (χ4v) is 2.46. The smallest absolute Gasteiger partial charge is 0.0845 e. The molecule has 0 bridgehead atoms. The van der Waals surface area contributed by atoms with Gasteiger partial charge in [-0.15, -0.1) is 0 Å². The lowest BCUT2D eigenvalue weighted by atomic mass is 9.75. The van der Waals surface area contributed by atoms with Crippen molar-refractivity contribution in [3.8, 4) is 0 Å². The van der Waals surface area contributed by atoms with Gasteiger partial charge in [-0.3, -0.25) is 4.68 Å². The molecule has 0 aliphatic heterocycles. The van der Waals surface area contributed by atoms with Gasteiger partial charge < -0.3 is 10.4 Å². The van der Waals surface area contributed by atoms with Gasteiger partial charge in [0.15, 0.2) is 0 Å². The van der Waals surface area contributed by atoms with E-state index in [2.05, 4.69) is 38.1 Å². The van der Waals surface area contributed by atoms with E-state index in [4.69, 9.17) is 0 Å². The molecule has 1 aliphatic carbocycles. The molecule has 1 saturated carbocycles. The molecule has 102 valence electrons. The van der Waals surface area contributed by atoms with Gasteiger partial charge in [0.1, 0.15) is 0 Å². The van der Waals surface area contributed by atoms with Crippen molar-refractivity contribution in [3.63, 3.8) is 0 Å². The largest absolute Gasteiger partial charge is 0.388 e. The first kappa shape index (κ1) is 13.4. The van der Waals surface area contributed by atoms with Crippen LogP contribution >= 0.6 is 0 Å². The average molecular weight is 251 g/mol. The van der Waals surface area contributed by atoms with Crippen LogP contribution in [-0.2, 0) is 6.54 Å². The zero-order valence-electron chi connectivity index (χ0n) is 11.9. The summed E-state index contributed by atoms with van der Waals surface area (Å²) in [6.45, 7) is 9.45. The fourth-order valence-electron chi connectivity index (χ4n) is 2.46. The Hall–Kier alpha value is -1.03. The Bertz CT molecular complexity index is 407. The first-order valence-corrected chi connectivity index (χ1v) is 6.94.